The zero-order chi connectivity index (χ0) is 15.6. The molecule has 7 nitrogen and oxygen atoms in total. The summed E-state index contributed by atoms with van der Waals surface area (Å²) in [6.45, 7) is 0.167. The number of aryl methyl sites for hydroxylation is 1. The maximum atomic E-state index is 12.2. The van der Waals surface area contributed by atoms with Crippen LogP contribution in [0.3, 0.4) is 0 Å². The quantitative estimate of drug-likeness (QED) is 0.735. The number of hydrogen-bond acceptors (Lipinski definition) is 4. The Hall–Kier alpha value is -1.38. The minimum absolute atomic E-state index is 0.0762. The van der Waals surface area contributed by atoms with E-state index in [2.05, 4.69) is 4.72 Å². The van der Waals surface area contributed by atoms with Crippen molar-refractivity contribution in [3.63, 3.8) is 0 Å². The zero-order valence-electron chi connectivity index (χ0n) is 11.8. The van der Waals surface area contributed by atoms with Crippen LogP contribution < -0.4 is 4.72 Å². The molecule has 0 amide bonds. The lowest BCUT2D eigenvalue weighted by atomic mass is 9.87. The van der Waals surface area contributed by atoms with Gasteiger partial charge in [0.25, 0.3) is 0 Å². The van der Waals surface area contributed by atoms with E-state index >= 15 is 0 Å². The Morgan fingerprint density at radius 3 is 2.67 bits per heavy atom. The van der Waals surface area contributed by atoms with Crippen LogP contribution >= 0.6 is 0 Å². The standard InChI is InChI=1S/C13H20N2O5S/c1-15-8-10(6-11(15)13(17)18)21(19,20)14-7-9-4-2-3-5-12(9)16/h6,8-9,12,14,16H,2-5,7H2,1H3,(H,17,18). The normalized spacial score (nSPS) is 23.1. The number of aromatic nitrogens is 1. The SMILES string of the molecule is Cn1cc(S(=O)(=O)NCC2CCCCC2O)cc1C(=O)O. The number of aliphatic hydroxyl groups excluding tert-OH is 1. The van der Waals surface area contributed by atoms with Gasteiger partial charge in [0.2, 0.25) is 10.0 Å². The van der Waals surface area contributed by atoms with Crippen molar-refractivity contribution in [2.24, 2.45) is 13.0 Å². The molecule has 21 heavy (non-hydrogen) atoms. The number of rotatable bonds is 5. The molecule has 8 heteroatoms. The second-order valence-electron chi connectivity index (χ2n) is 5.44. The van der Waals surface area contributed by atoms with E-state index in [4.69, 9.17) is 5.11 Å². The number of nitrogens with zero attached hydrogens (tertiary/aromatic N) is 1. The fraction of sp³-hybridized carbons (Fsp3) is 0.615. The summed E-state index contributed by atoms with van der Waals surface area (Å²) in [4.78, 5) is 10.9. The number of nitrogens with one attached hydrogen (secondary N) is 1. The first kappa shape index (κ1) is 16.0. The average Bonchev–Trinajstić information content (AvgIpc) is 2.81. The minimum Gasteiger partial charge on any atom is -0.477 e. The van der Waals surface area contributed by atoms with Crippen molar-refractivity contribution in [3.05, 3.63) is 18.0 Å². The van der Waals surface area contributed by atoms with Crippen LogP contribution in [0.5, 0.6) is 0 Å². The van der Waals surface area contributed by atoms with Gasteiger partial charge in [-0.15, -0.1) is 0 Å². The number of carboxylic acid groups (broad SMARTS) is 1. The third kappa shape index (κ3) is 3.63. The van der Waals surface area contributed by atoms with E-state index in [1.54, 1.807) is 0 Å². The van der Waals surface area contributed by atoms with E-state index in [9.17, 15) is 18.3 Å². The summed E-state index contributed by atoms with van der Waals surface area (Å²) in [5, 5.41) is 18.8. The first-order chi connectivity index (χ1) is 9.81. The maximum absolute atomic E-state index is 12.2. The monoisotopic (exact) mass is 316 g/mol. The fourth-order valence-corrected chi connectivity index (χ4v) is 3.78. The average molecular weight is 316 g/mol. The van der Waals surface area contributed by atoms with E-state index in [1.165, 1.54) is 17.8 Å². The Balaban J connectivity index is 2.08. The molecule has 0 aromatic carbocycles. The molecule has 3 N–H and O–H groups in total. The summed E-state index contributed by atoms with van der Waals surface area (Å²) in [5.41, 5.74) is -0.0897. The van der Waals surface area contributed by atoms with E-state index in [-0.39, 0.29) is 23.1 Å². The highest BCUT2D eigenvalue weighted by atomic mass is 32.2. The second-order valence-corrected chi connectivity index (χ2v) is 7.21. The smallest absolute Gasteiger partial charge is 0.352 e. The van der Waals surface area contributed by atoms with Crippen molar-refractivity contribution in [1.82, 2.24) is 9.29 Å². The van der Waals surface area contributed by atoms with Crippen molar-refractivity contribution in [1.29, 1.82) is 0 Å². The largest absolute Gasteiger partial charge is 0.477 e. The minimum atomic E-state index is -3.76. The first-order valence-corrected chi connectivity index (χ1v) is 8.37. The molecular formula is C13H20N2O5S. The molecule has 1 saturated carbocycles. The van der Waals surface area contributed by atoms with Gasteiger partial charge in [-0.05, 0) is 24.8 Å². The maximum Gasteiger partial charge on any atom is 0.352 e. The predicted molar refractivity (Wildman–Crippen MR) is 75.5 cm³/mol. The van der Waals surface area contributed by atoms with Gasteiger partial charge in [0.15, 0.2) is 0 Å². The number of aliphatic hydroxyl groups is 1. The predicted octanol–water partition coefficient (Wildman–Crippen LogP) is 0.553. The Kier molecular flexibility index (Phi) is 4.70. The van der Waals surface area contributed by atoms with Gasteiger partial charge < -0.3 is 14.8 Å². The molecule has 1 aromatic heterocycles. The molecule has 2 atom stereocenters. The number of carboxylic acids is 1. The Bertz CT molecular complexity index is 623. The molecule has 0 aliphatic heterocycles. The highest BCUT2D eigenvalue weighted by molar-refractivity contribution is 7.89. The highest BCUT2D eigenvalue weighted by Gasteiger charge is 2.26. The Morgan fingerprint density at radius 2 is 2.10 bits per heavy atom. The Morgan fingerprint density at radius 1 is 1.43 bits per heavy atom. The van der Waals surface area contributed by atoms with E-state index < -0.39 is 22.1 Å². The van der Waals surface area contributed by atoms with Gasteiger partial charge in [-0.25, -0.2) is 17.9 Å². The van der Waals surface area contributed by atoms with Crippen LogP contribution in [0.2, 0.25) is 0 Å². The fourth-order valence-electron chi connectivity index (χ4n) is 2.62. The van der Waals surface area contributed by atoms with Gasteiger partial charge in [-0.1, -0.05) is 12.8 Å². The van der Waals surface area contributed by atoms with Crippen LogP contribution in [0.4, 0.5) is 0 Å². The zero-order valence-corrected chi connectivity index (χ0v) is 12.6. The third-order valence-corrected chi connectivity index (χ3v) is 5.30. The molecule has 0 spiro atoms. The van der Waals surface area contributed by atoms with Gasteiger partial charge in [-0.2, -0.15) is 0 Å². The van der Waals surface area contributed by atoms with Crippen molar-refractivity contribution in [2.45, 2.75) is 36.7 Å². The highest BCUT2D eigenvalue weighted by Crippen LogP contribution is 2.24. The van der Waals surface area contributed by atoms with Crippen LogP contribution in [-0.4, -0.2) is 41.8 Å². The van der Waals surface area contributed by atoms with Crippen LogP contribution in [0, 0.1) is 5.92 Å². The summed E-state index contributed by atoms with van der Waals surface area (Å²) < 4.78 is 28.1. The molecule has 1 aliphatic rings. The molecule has 0 bridgehead atoms. The van der Waals surface area contributed by atoms with E-state index in [1.807, 2.05) is 0 Å². The van der Waals surface area contributed by atoms with Crippen LogP contribution in [-0.2, 0) is 17.1 Å². The summed E-state index contributed by atoms with van der Waals surface area (Å²) in [6, 6.07) is 1.13. The van der Waals surface area contributed by atoms with Gasteiger partial charge >= 0.3 is 5.97 Å². The second kappa shape index (κ2) is 6.17. The number of sulfonamides is 1. The van der Waals surface area contributed by atoms with E-state index in [0.29, 0.717) is 6.42 Å². The van der Waals surface area contributed by atoms with Gasteiger partial charge in [0, 0.05) is 19.8 Å². The molecule has 0 saturated heterocycles. The number of aromatic carboxylic acids is 1. The lowest BCUT2D eigenvalue weighted by molar-refractivity contribution is 0.0686. The molecule has 1 aliphatic carbocycles. The molecule has 1 heterocycles. The van der Waals surface area contributed by atoms with Gasteiger partial charge in [0.1, 0.15) is 10.6 Å². The van der Waals surface area contributed by atoms with Crippen molar-refractivity contribution in [3.8, 4) is 0 Å². The van der Waals surface area contributed by atoms with Crippen molar-refractivity contribution in [2.75, 3.05) is 6.54 Å². The van der Waals surface area contributed by atoms with Crippen molar-refractivity contribution >= 4 is 16.0 Å². The number of hydrogen-bond donors (Lipinski definition) is 3. The number of carbonyl (C=O) groups is 1. The van der Waals surface area contributed by atoms with Gasteiger partial charge in [-0.3, -0.25) is 0 Å². The summed E-state index contributed by atoms with van der Waals surface area (Å²) in [7, 11) is -2.28. The molecular weight excluding hydrogens is 296 g/mol. The first-order valence-electron chi connectivity index (χ1n) is 6.88. The molecule has 2 unspecified atom stereocenters. The molecule has 2 rings (SSSR count). The summed E-state index contributed by atoms with van der Waals surface area (Å²) in [5.74, 6) is -1.27. The lowest BCUT2D eigenvalue weighted by Crippen LogP contribution is -2.36. The van der Waals surface area contributed by atoms with Crippen molar-refractivity contribution < 1.29 is 23.4 Å². The topological polar surface area (TPSA) is 109 Å². The molecule has 1 aromatic rings. The molecule has 118 valence electrons. The summed E-state index contributed by atoms with van der Waals surface area (Å²) >= 11 is 0. The third-order valence-electron chi connectivity index (χ3n) is 3.91. The van der Waals surface area contributed by atoms with Crippen LogP contribution in [0.1, 0.15) is 36.2 Å². The van der Waals surface area contributed by atoms with Crippen LogP contribution in [0.25, 0.3) is 0 Å². The van der Waals surface area contributed by atoms with E-state index in [0.717, 1.165) is 25.3 Å². The Labute approximate surface area is 123 Å². The van der Waals surface area contributed by atoms with Gasteiger partial charge in [0.05, 0.1) is 6.10 Å². The molecule has 0 radical (unpaired) electrons. The lowest BCUT2D eigenvalue weighted by Gasteiger charge is -2.27. The summed E-state index contributed by atoms with van der Waals surface area (Å²) in [6.07, 6.45) is 4.22. The van der Waals surface area contributed by atoms with Crippen LogP contribution in [0.15, 0.2) is 17.2 Å². The molecule has 1 fully saturated rings.